The predicted octanol–water partition coefficient (Wildman–Crippen LogP) is 3.20. The van der Waals surface area contributed by atoms with Gasteiger partial charge in [0.05, 0.1) is 35.0 Å². The number of aliphatic hydroxyl groups is 1. The van der Waals surface area contributed by atoms with Gasteiger partial charge in [-0.3, -0.25) is 9.69 Å². The molecule has 0 radical (unpaired) electrons. The highest BCUT2D eigenvalue weighted by Gasteiger charge is 2.51. The highest BCUT2D eigenvalue weighted by Crippen LogP contribution is 2.44. The molecule has 9 heteroatoms. The number of piperidine rings is 1. The third-order valence-electron chi connectivity index (χ3n) is 7.62. The van der Waals surface area contributed by atoms with Crippen molar-refractivity contribution in [2.45, 2.75) is 63.5 Å². The van der Waals surface area contributed by atoms with Gasteiger partial charge in [0.25, 0.3) is 0 Å². The minimum absolute atomic E-state index is 0.217. The molecule has 3 saturated heterocycles. The van der Waals surface area contributed by atoms with Gasteiger partial charge in [-0.05, 0) is 57.4 Å². The highest BCUT2D eigenvalue weighted by atomic mass is 35.5. The lowest BCUT2D eigenvalue weighted by Gasteiger charge is -2.41. The molecular weight excluding hydrogens is 432 g/mol. The molecule has 1 spiro atoms. The zero-order chi connectivity index (χ0) is 22.3. The van der Waals surface area contributed by atoms with E-state index in [0.29, 0.717) is 36.2 Å². The molecular formula is C23H31ClN4O4. The number of carbonyl (C=O) groups excluding carboxylic acids is 2. The average Bonchev–Trinajstić information content (AvgIpc) is 3.10. The first-order valence-corrected chi connectivity index (χ1v) is 12.2. The van der Waals surface area contributed by atoms with Gasteiger partial charge in [-0.15, -0.1) is 0 Å². The number of ether oxygens (including phenoxy) is 1. The van der Waals surface area contributed by atoms with Gasteiger partial charge in [-0.25, -0.2) is 9.78 Å². The molecule has 4 heterocycles. The molecule has 4 fully saturated rings. The topological polar surface area (TPSA) is 86.2 Å². The Labute approximate surface area is 193 Å². The van der Waals surface area contributed by atoms with Gasteiger partial charge in [-0.1, -0.05) is 11.6 Å². The second-order valence-electron chi connectivity index (χ2n) is 9.63. The Hall–Kier alpha value is -2.06. The second-order valence-corrected chi connectivity index (χ2v) is 10.0. The fraction of sp³-hybridized carbons (Fsp3) is 0.696. The lowest BCUT2D eigenvalue weighted by atomic mass is 9.78. The number of pyridine rings is 1. The third kappa shape index (κ3) is 3.92. The molecule has 0 aromatic carbocycles. The van der Waals surface area contributed by atoms with Gasteiger partial charge < -0.3 is 19.6 Å². The molecule has 8 nitrogen and oxygen atoms in total. The maximum absolute atomic E-state index is 13.5. The summed E-state index contributed by atoms with van der Waals surface area (Å²) in [5.41, 5.74) is 0.257. The number of rotatable bonds is 3. The molecule has 1 aromatic heterocycles. The Kier molecular flexibility index (Phi) is 5.92. The van der Waals surface area contributed by atoms with E-state index >= 15 is 0 Å². The van der Waals surface area contributed by atoms with Gasteiger partial charge in [0.1, 0.15) is 5.82 Å². The van der Waals surface area contributed by atoms with Crippen molar-refractivity contribution in [2.75, 3.05) is 42.6 Å². The fourth-order valence-electron chi connectivity index (χ4n) is 5.84. The van der Waals surface area contributed by atoms with Crippen LogP contribution >= 0.6 is 11.6 Å². The summed E-state index contributed by atoms with van der Waals surface area (Å²) < 4.78 is 5.12. The van der Waals surface area contributed by atoms with Crippen molar-refractivity contribution in [1.82, 2.24) is 9.88 Å². The molecule has 2 amide bonds. The van der Waals surface area contributed by atoms with Crippen LogP contribution in [0.15, 0.2) is 12.3 Å². The number of nitrogens with zero attached hydrogens (tertiary/aromatic N) is 4. The normalized spacial score (nSPS) is 31.4. The SMILES string of the molecule is O=C1OCCCN1c1cnc(N2CCC[C@]3(CCN([C@H]4CC[C@H](O)CC4)C3=O)C2)c(Cl)c1. The minimum atomic E-state index is -0.380. The standard InChI is InChI=1S/C23H31ClN4O4/c24-19-13-17(28-10-2-12-32-22(28)31)14-25-20(19)26-9-1-7-23(15-26)8-11-27(21(23)30)16-3-5-18(29)6-4-16/h13-14,16,18,29H,1-12,15H2/t16-,18-,23-/m0/s1. The van der Waals surface area contributed by atoms with Gasteiger partial charge in [0.15, 0.2) is 0 Å². The number of hydrogen-bond donors (Lipinski definition) is 1. The lowest BCUT2D eigenvalue weighted by Crippen LogP contribution is -2.50. The number of cyclic esters (lactones) is 1. The summed E-state index contributed by atoms with van der Waals surface area (Å²) >= 11 is 6.62. The molecule has 4 aliphatic rings. The first-order chi connectivity index (χ1) is 15.5. The molecule has 174 valence electrons. The molecule has 1 N–H and O–H groups in total. The van der Waals surface area contributed by atoms with Crippen LogP contribution in [0.5, 0.6) is 0 Å². The Morgan fingerprint density at radius 1 is 1.09 bits per heavy atom. The van der Waals surface area contributed by atoms with E-state index < -0.39 is 0 Å². The van der Waals surface area contributed by atoms with Crippen LogP contribution < -0.4 is 9.80 Å². The van der Waals surface area contributed by atoms with Crippen molar-refractivity contribution < 1.29 is 19.4 Å². The fourth-order valence-corrected chi connectivity index (χ4v) is 6.12. The molecule has 0 unspecified atom stereocenters. The first kappa shape index (κ1) is 21.8. The number of hydrogen-bond acceptors (Lipinski definition) is 6. The predicted molar refractivity (Wildman–Crippen MR) is 121 cm³/mol. The van der Waals surface area contributed by atoms with E-state index in [-0.39, 0.29) is 29.6 Å². The summed E-state index contributed by atoms with van der Waals surface area (Å²) in [5, 5.41) is 10.3. The minimum Gasteiger partial charge on any atom is -0.449 e. The van der Waals surface area contributed by atoms with Gasteiger partial charge in [0, 0.05) is 32.2 Å². The van der Waals surface area contributed by atoms with Crippen molar-refractivity contribution in [3.8, 4) is 0 Å². The lowest BCUT2D eigenvalue weighted by molar-refractivity contribution is -0.139. The van der Waals surface area contributed by atoms with Gasteiger partial charge >= 0.3 is 6.09 Å². The van der Waals surface area contributed by atoms with Crippen LogP contribution in [0.1, 0.15) is 51.4 Å². The molecule has 5 rings (SSSR count). The molecule has 1 aliphatic carbocycles. The number of aliphatic hydroxyl groups excluding tert-OH is 1. The van der Waals surface area contributed by atoms with Crippen molar-refractivity contribution in [3.05, 3.63) is 17.3 Å². The summed E-state index contributed by atoms with van der Waals surface area (Å²) in [6, 6.07) is 2.03. The number of halogens is 1. The van der Waals surface area contributed by atoms with E-state index in [2.05, 4.69) is 14.8 Å². The maximum Gasteiger partial charge on any atom is 0.414 e. The smallest absolute Gasteiger partial charge is 0.414 e. The molecule has 0 bridgehead atoms. The number of amides is 2. The van der Waals surface area contributed by atoms with Crippen LogP contribution in [0.4, 0.5) is 16.3 Å². The van der Waals surface area contributed by atoms with Crippen molar-refractivity contribution in [3.63, 3.8) is 0 Å². The molecule has 1 atom stereocenters. The van der Waals surface area contributed by atoms with E-state index in [9.17, 15) is 14.7 Å². The van der Waals surface area contributed by atoms with E-state index in [4.69, 9.17) is 16.3 Å². The zero-order valence-corrected chi connectivity index (χ0v) is 19.1. The molecule has 32 heavy (non-hydrogen) atoms. The summed E-state index contributed by atoms with van der Waals surface area (Å²) in [6.45, 7) is 3.26. The molecule has 1 saturated carbocycles. The molecule has 1 aromatic rings. The van der Waals surface area contributed by atoms with Crippen molar-refractivity contribution >= 4 is 35.1 Å². The van der Waals surface area contributed by atoms with Crippen molar-refractivity contribution in [2.24, 2.45) is 5.41 Å². The Morgan fingerprint density at radius 2 is 1.91 bits per heavy atom. The van der Waals surface area contributed by atoms with Crippen LogP contribution in [0.2, 0.25) is 5.02 Å². The summed E-state index contributed by atoms with van der Waals surface area (Å²) in [6.07, 6.45) is 7.87. The summed E-state index contributed by atoms with van der Waals surface area (Å²) in [4.78, 5) is 36.0. The van der Waals surface area contributed by atoms with Crippen LogP contribution in [-0.4, -0.2) is 71.9 Å². The van der Waals surface area contributed by atoms with E-state index in [1.54, 1.807) is 17.2 Å². The van der Waals surface area contributed by atoms with Crippen LogP contribution in [0.3, 0.4) is 0 Å². The second kappa shape index (κ2) is 8.71. The van der Waals surface area contributed by atoms with Crippen LogP contribution in [0.25, 0.3) is 0 Å². The number of carbonyl (C=O) groups is 2. The summed E-state index contributed by atoms with van der Waals surface area (Å²) in [7, 11) is 0. The average molecular weight is 463 g/mol. The quantitative estimate of drug-likeness (QED) is 0.742. The van der Waals surface area contributed by atoms with E-state index in [1.807, 2.05) is 0 Å². The van der Waals surface area contributed by atoms with E-state index in [1.165, 1.54) is 0 Å². The number of likely N-dealkylation sites (tertiary alicyclic amines) is 1. The van der Waals surface area contributed by atoms with E-state index in [0.717, 1.165) is 64.5 Å². The third-order valence-corrected chi connectivity index (χ3v) is 7.90. The van der Waals surface area contributed by atoms with Crippen LogP contribution in [-0.2, 0) is 9.53 Å². The zero-order valence-electron chi connectivity index (χ0n) is 18.3. The molecule has 3 aliphatic heterocycles. The highest BCUT2D eigenvalue weighted by molar-refractivity contribution is 6.33. The monoisotopic (exact) mass is 462 g/mol. The van der Waals surface area contributed by atoms with Gasteiger partial charge in [0.2, 0.25) is 5.91 Å². The Bertz CT molecular complexity index is 891. The first-order valence-electron chi connectivity index (χ1n) is 11.8. The van der Waals surface area contributed by atoms with Crippen molar-refractivity contribution in [1.29, 1.82) is 0 Å². The Balaban J connectivity index is 1.31. The largest absolute Gasteiger partial charge is 0.449 e. The summed E-state index contributed by atoms with van der Waals surface area (Å²) in [5.74, 6) is 0.930. The number of aromatic nitrogens is 1. The number of anilines is 2. The van der Waals surface area contributed by atoms with Gasteiger partial charge in [-0.2, -0.15) is 0 Å². The Morgan fingerprint density at radius 3 is 2.66 bits per heavy atom. The van der Waals surface area contributed by atoms with Crippen LogP contribution in [0, 0.1) is 5.41 Å². The maximum atomic E-state index is 13.5.